The van der Waals surface area contributed by atoms with E-state index in [0.29, 0.717) is 40.2 Å². The van der Waals surface area contributed by atoms with Crippen LogP contribution in [0.5, 0.6) is 11.5 Å². The van der Waals surface area contributed by atoms with Crippen molar-refractivity contribution in [1.29, 1.82) is 5.26 Å². The number of aryl methyl sites for hydroxylation is 1. The zero-order valence-corrected chi connectivity index (χ0v) is 26.1. The fraction of sp³-hybridized carbons (Fsp3) is 0.200. The van der Waals surface area contributed by atoms with E-state index in [-0.39, 0.29) is 18.1 Å². The van der Waals surface area contributed by atoms with Gasteiger partial charge >= 0.3 is 0 Å². The normalized spacial score (nSPS) is 11.3. The van der Waals surface area contributed by atoms with Crippen molar-refractivity contribution in [2.24, 2.45) is 5.10 Å². The number of rotatable bonds is 9. The lowest BCUT2D eigenvalue weighted by Crippen LogP contribution is -2.21. The topological polar surface area (TPSA) is 89.5 Å². The van der Waals surface area contributed by atoms with Crippen LogP contribution in [0.1, 0.15) is 54.5 Å². The molecule has 0 unspecified atom stereocenters. The highest BCUT2D eigenvalue weighted by atomic mass is 79.9. The van der Waals surface area contributed by atoms with Crippen LogP contribution in [0.3, 0.4) is 0 Å². The number of ether oxygens (including phenoxy) is 2. The average molecular weight is 636 g/mol. The highest BCUT2D eigenvalue weighted by Crippen LogP contribution is 2.34. The summed E-state index contributed by atoms with van der Waals surface area (Å²) >= 11 is 3.54. The molecule has 5 rings (SSSR count). The summed E-state index contributed by atoms with van der Waals surface area (Å²) in [5.41, 5.74) is 5.04. The first kappa shape index (κ1) is 29.7. The van der Waals surface area contributed by atoms with Gasteiger partial charge in [-0.25, -0.2) is 4.98 Å². The lowest BCUT2D eigenvalue weighted by atomic mass is 9.96. The molecular weight excluding hydrogens is 604 g/mol. The molecule has 1 heterocycles. The summed E-state index contributed by atoms with van der Waals surface area (Å²) in [7, 11) is 0. The van der Waals surface area contributed by atoms with Gasteiger partial charge in [-0.05, 0) is 79.4 Å². The highest BCUT2D eigenvalue weighted by Gasteiger charge is 2.19. The van der Waals surface area contributed by atoms with Crippen molar-refractivity contribution in [3.63, 3.8) is 0 Å². The Morgan fingerprint density at radius 2 is 1.79 bits per heavy atom. The fourth-order valence-electron chi connectivity index (χ4n) is 4.86. The molecular formula is C35H31BrN4O3. The maximum Gasteiger partial charge on any atom is 0.282 e. The van der Waals surface area contributed by atoms with Gasteiger partial charge in [-0.2, -0.15) is 15.0 Å². The number of para-hydroxylation sites is 1. The van der Waals surface area contributed by atoms with Crippen molar-refractivity contribution in [3.8, 4) is 29.0 Å². The van der Waals surface area contributed by atoms with Crippen LogP contribution in [0.4, 0.5) is 0 Å². The van der Waals surface area contributed by atoms with Crippen LogP contribution in [-0.4, -0.2) is 22.5 Å². The summed E-state index contributed by atoms with van der Waals surface area (Å²) in [6.07, 6.45) is 1.60. The van der Waals surface area contributed by atoms with E-state index in [1.165, 1.54) is 4.68 Å². The lowest BCUT2D eigenvalue weighted by Gasteiger charge is -2.18. The van der Waals surface area contributed by atoms with Crippen LogP contribution in [-0.2, 0) is 6.61 Å². The predicted molar refractivity (Wildman–Crippen MR) is 174 cm³/mol. The molecule has 216 valence electrons. The van der Waals surface area contributed by atoms with E-state index in [9.17, 15) is 10.1 Å². The van der Waals surface area contributed by atoms with E-state index in [1.807, 2.05) is 80.6 Å². The maximum absolute atomic E-state index is 13.9. The highest BCUT2D eigenvalue weighted by molar-refractivity contribution is 9.10. The number of hydrogen-bond donors (Lipinski definition) is 0. The molecule has 0 saturated heterocycles. The minimum atomic E-state index is -0.281. The Morgan fingerprint density at radius 3 is 2.56 bits per heavy atom. The second-order valence-corrected chi connectivity index (χ2v) is 11.3. The van der Waals surface area contributed by atoms with Crippen LogP contribution in [0.15, 0.2) is 93.2 Å². The fourth-order valence-corrected chi connectivity index (χ4v) is 5.24. The molecule has 0 spiro atoms. The number of hydrogen-bond acceptors (Lipinski definition) is 6. The minimum Gasteiger partial charge on any atom is -0.494 e. The first-order valence-corrected chi connectivity index (χ1v) is 14.8. The van der Waals surface area contributed by atoms with Gasteiger partial charge in [-0.3, -0.25) is 4.79 Å². The third-order valence-corrected chi connectivity index (χ3v) is 7.57. The Labute approximate surface area is 259 Å². The molecule has 0 bridgehead atoms. The van der Waals surface area contributed by atoms with Crippen LogP contribution >= 0.6 is 15.9 Å². The summed E-state index contributed by atoms with van der Waals surface area (Å²) in [6, 6.07) is 26.4. The first-order chi connectivity index (χ1) is 20.8. The third kappa shape index (κ3) is 6.37. The van der Waals surface area contributed by atoms with Gasteiger partial charge in [0.05, 0.1) is 35.4 Å². The number of nitrogens with zero attached hydrogens (tertiary/aromatic N) is 4. The molecule has 8 heteroatoms. The second kappa shape index (κ2) is 13.1. The van der Waals surface area contributed by atoms with Crippen molar-refractivity contribution in [1.82, 2.24) is 9.66 Å². The first-order valence-electron chi connectivity index (χ1n) is 14.0. The molecule has 0 atom stereocenters. The Kier molecular flexibility index (Phi) is 9.03. The molecule has 0 aliphatic carbocycles. The standard InChI is InChI=1S/C35H31BrN4O3/c1-5-42-33-16-23(4)30(18-29(33)22(2)3)34-39-31-13-9-8-12-28(31)35(41)40(34)38-20-26-17-27(36)14-15-32(26)43-21-25-11-7-6-10-24(25)19-37/h6-18,20,22H,5,21H2,1-4H3. The number of aromatic nitrogens is 2. The molecule has 4 aromatic carbocycles. The molecule has 0 N–H and O–H groups in total. The summed E-state index contributed by atoms with van der Waals surface area (Å²) in [4.78, 5) is 18.8. The van der Waals surface area contributed by atoms with Crippen molar-refractivity contribution >= 4 is 33.0 Å². The van der Waals surface area contributed by atoms with Crippen molar-refractivity contribution in [3.05, 3.63) is 122 Å². The number of fused-ring (bicyclic) bond motifs is 1. The monoisotopic (exact) mass is 634 g/mol. The van der Waals surface area contributed by atoms with E-state index in [0.717, 1.165) is 32.5 Å². The SMILES string of the molecule is CCOc1cc(C)c(-c2nc3ccccc3c(=O)n2N=Cc2cc(Br)ccc2OCc2ccccc2C#N)cc1C(C)C. The lowest BCUT2D eigenvalue weighted by molar-refractivity contribution is 0.305. The van der Waals surface area contributed by atoms with Gasteiger partial charge in [-0.1, -0.05) is 60.1 Å². The minimum absolute atomic E-state index is 0.192. The third-order valence-electron chi connectivity index (χ3n) is 7.08. The summed E-state index contributed by atoms with van der Waals surface area (Å²) in [5.74, 6) is 2.01. The number of nitriles is 1. The van der Waals surface area contributed by atoms with Crippen molar-refractivity contribution in [2.75, 3.05) is 6.61 Å². The van der Waals surface area contributed by atoms with Gasteiger partial charge in [0.15, 0.2) is 5.82 Å². The molecule has 7 nitrogen and oxygen atoms in total. The Balaban J connectivity index is 1.63. The largest absolute Gasteiger partial charge is 0.494 e. The second-order valence-electron chi connectivity index (χ2n) is 10.3. The zero-order chi connectivity index (χ0) is 30.5. The Morgan fingerprint density at radius 1 is 1.02 bits per heavy atom. The van der Waals surface area contributed by atoms with Gasteiger partial charge in [0.25, 0.3) is 5.56 Å². The van der Waals surface area contributed by atoms with Crippen LogP contribution in [0, 0.1) is 18.3 Å². The predicted octanol–water partition coefficient (Wildman–Crippen LogP) is 7.99. The number of halogens is 1. The molecule has 5 aromatic rings. The molecule has 0 fully saturated rings. The molecule has 43 heavy (non-hydrogen) atoms. The molecule has 0 saturated carbocycles. The van der Waals surface area contributed by atoms with Crippen LogP contribution in [0.2, 0.25) is 0 Å². The van der Waals surface area contributed by atoms with Gasteiger partial charge in [0.1, 0.15) is 18.1 Å². The maximum atomic E-state index is 13.9. The van der Waals surface area contributed by atoms with Gasteiger partial charge in [0, 0.05) is 21.2 Å². The zero-order valence-electron chi connectivity index (χ0n) is 24.5. The smallest absolute Gasteiger partial charge is 0.282 e. The molecule has 0 aliphatic rings. The molecule has 1 aromatic heterocycles. The van der Waals surface area contributed by atoms with Crippen LogP contribution in [0.25, 0.3) is 22.3 Å². The molecule has 0 radical (unpaired) electrons. The Hall–Kier alpha value is -4.74. The van der Waals surface area contributed by atoms with E-state index in [4.69, 9.17) is 19.6 Å². The molecule has 0 aliphatic heterocycles. The van der Waals surface area contributed by atoms with E-state index in [2.05, 4.69) is 35.8 Å². The van der Waals surface area contributed by atoms with Crippen molar-refractivity contribution in [2.45, 2.75) is 40.2 Å². The van der Waals surface area contributed by atoms with Gasteiger partial charge < -0.3 is 9.47 Å². The van der Waals surface area contributed by atoms with E-state index >= 15 is 0 Å². The van der Waals surface area contributed by atoms with Crippen LogP contribution < -0.4 is 15.0 Å². The van der Waals surface area contributed by atoms with Crippen molar-refractivity contribution < 1.29 is 9.47 Å². The molecule has 0 amide bonds. The summed E-state index contributed by atoms with van der Waals surface area (Å²) in [6.45, 7) is 8.93. The average Bonchev–Trinajstić information content (AvgIpc) is 3.00. The summed E-state index contributed by atoms with van der Waals surface area (Å²) < 4.78 is 14.3. The quantitative estimate of drug-likeness (QED) is 0.153. The Bertz CT molecular complexity index is 1940. The van der Waals surface area contributed by atoms with Gasteiger partial charge in [-0.15, -0.1) is 0 Å². The van der Waals surface area contributed by atoms with E-state index < -0.39 is 0 Å². The summed E-state index contributed by atoms with van der Waals surface area (Å²) in [5, 5.41) is 14.6. The number of benzene rings is 4. The van der Waals surface area contributed by atoms with E-state index in [1.54, 1.807) is 18.3 Å². The van der Waals surface area contributed by atoms with Gasteiger partial charge in [0.2, 0.25) is 0 Å².